The molecule has 28 heavy (non-hydrogen) atoms. The third-order valence-electron chi connectivity index (χ3n) is 4.25. The molecule has 3 aromatic carbocycles. The second kappa shape index (κ2) is 7.15. The molecule has 0 bridgehead atoms. The quantitative estimate of drug-likeness (QED) is 0.595. The normalized spacial score (nSPS) is 15.2. The van der Waals surface area contributed by atoms with Crippen molar-refractivity contribution in [3.63, 3.8) is 0 Å². The van der Waals surface area contributed by atoms with Gasteiger partial charge in [-0.25, -0.2) is 18.2 Å². The number of benzene rings is 3. The first-order chi connectivity index (χ1) is 13.5. The number of carbonyl (C=O) groups excluding carboxylic acids is 1. The van der Waals surface area contributed by atoms with Crippen LogP contribution in [0.2, 0.25) is 0 Å². The topological polar surface area (TPSA) is 32.7 Å². The van der Waals surface area contributed by atoms with Gasteiger partial charge in [0.2, 0.25) is 0 Å². The molecular formula is C22H13F3N2O. The molecule has 0 radical (unpaired) electrons. The Morgan fingerprint density at radius 2 is 1.39 bits per heavy atom. The summed E-state index contributed by atoms with van der Waals surface area (Å²) in [4.78, 5) is 18.7. The lowest BCUT2D eigenvalue weighted by atomic mass is 10.1. The number of rotatable bonds is 3. The molecule has 138 valence electrons. The Bertz CT molecular complexity index is 1100. The Morgan fingerprint density at radius 1 is 0.786 bits per heavy atom. The Hall–Kier alpha value is -3.67. The predicted octanol–water partition coefficient (Wildman–Crippen LogP) is 4.94. The summed E-state index contributed by atoms with van der Waals surface area (Å²) >= 11 is 0. The van der Waals surface area contributed by atoms with E-state index in [1.165, 1.54) is 71.6 Å². The summed E-state index contributed by atoms with van der Waals surface area (Å²) in [6, 6.07) is 16.8. The molecule has 4 rings (SSSR count). The van der Waals surface area contributed by atoms with Crippen molar-refractivity contribution in [3.05, 3.63) is 107 Å². The minimum absolute atomic E-state index is 0.0220. The molecule has 3 nitrogen and oxygen atoms in total. The molecule has 3 aromatic rings. The number of halogens is 3. The van der Waals surface area contributed by atoms with Gasteiger partial charge < -0.3 is 0 Å². The number of anilines is 1. The van der Waals surface area contributed by atoms with Gasteiger partial charge in [-0.2, -0.15) is 0 Å². The molecule has 1 heterocycles. The first kappa shape index (κ1) is 17.7. The lowest BCUT2D eigenvalue weighted by Gasteiger charge is -2.18. The summed E-state index contributed by atoms with van der Waals surface area (Å²) in [5.41, 5.74) is 1.13. The molecular weight excluding hydrogens is 365 g/mol. The van der Waals surface area contributed by atoms with E-state index in [4.69, 9.17) is 0 Å². The SMILES string of the molecule is O=C1/C(=C\c2ccccc2F)N=C(c2ccc(F)cc2)N1c1ccc(F)cc1. The summed E-state index contributed by atoms with van der Waals surface area (Å²) in [5.74, 6) is -1.60. The van der Waals surface area contributed by atoms with Crippen LogP contribution in [-0.4, -0.2) is 11.7 Å². The van der Waals surface area contributed by atoms with Crippen LogP contribution < -0.4 is 4.90 Å². The standard InChI is InChI=1S/C22H13F3N2O/c23-16-7-5-14(6-8-16)21-26-20(13-15-3-1-2-4-19(15)25)22(28)27(21)18-11-9-17(24)10-12-18/h1-13H/b20-13+. The van der Waals surface area contributed by atoms with E-state index >= 15 is 0 Å². The van der Waals surface area contributed by atoms with Crippen LogP contribution in [-0.2, 0) is 4.79 Å². The van der Waals surface area contributed by atoms with E-state index in [9.17, 15) is 18.0 Å². The van der Waals surface area contributed by atoms with Gasteiger partial charge in [-0.05, 0) is 60.7 Å². The highest BCUT2D eigenvalue weighted by Crippen LogP contribution is 2.28. The van der Waals surface area contributed by atoms with Crippen LogP contribution in [0.25, 0.3) is 6.08 Å². The monoisotopic (exact) mass is 378 g/mol. The lowest BCUT2D eigenvalue weighted by Crippen LogP contribution is -2.32. The first-order valence-electron chi connectivity index (χ1n) is 8.44. The van der Waals surface area contributed by atoms with E-state index < -0.39 is 23.4 Å². The minimum Gasteiger partial charge on any atom is -0.266 e. The van der Waals surface area contributed by atoms with Gasteiger partial charge in [0.25, 0.3) is 5.91 Å². The van der Waals surface area contributed by atoms with Crippen LogP contribution in [0, 0.1) is 17.5 Å². The van der Waals surface area contributed by atoms with E-state index in [-0.39, 0.29) is 17.1 Å². The van der Waals surface area contributed by atoms with Crippen molar-refractivity contribution in [3.8, 4) is 0 Å². The fourth-order valence-electron chi connectivity index (χ4n) is 2.88. The highest BCUT2D eigenvalue weighted by Gasteiger charge is 2.32. The van der Waals surface area contributed by atoms with E-state index in [1.54, 1.807) is 12.1 Å². The smallest absolute Gasteiger partial charge is 0.266 e. The van der Waals surface area contributed by atoms with E-state index in [0.717, 1.165) is 0 Å². The molecule has 1 aliphatic heterocycles. The van der Waals surface area contributed by atoms with Gasteiger partial charge in [-0.1, -0.05) is 18.2 Å². The van der Waals surface area contributed by atoms with Crippen molar-refractivity contribution < 1.29 is 18.0 Å². The highest BCUT2D eigenvalue weighted by atomic mass is 19.1. The average molecular weight is 378 g/mol. The van der Waals surface area contributed by atoms with E-state index in [2.05, 4.69) is 4.99 Å². The fraction of sp³-hybridized carbons (Fsp3) is 0. The number of amidine groups is 1. The third kappa shape index (κ3) is 3.32. The Labute approximate surface area is 159 Å². The van der Waals surface area contributed by atoms with Crippen LogP contribution in [0.1, 0.15) is 11.1 Å². The molecule has 0 aromatic heterocycles. The van der Waals surface area contributed by atoms with E-state index in [0.29, 0.717) is 11.3 Å². The second-order valence-electron chi connectivity index (χ2n) is 6.11. The van der Waals surface area contributed by atoms with Gasteiger partial charge in [0, 0.05) is 11.1 Å². The van der Waals surface area contributed by atoms with Crippen LogP contribution >= 0.6 is 0 Å². The summed E-state index contributed by atoms with van der Waals surface area (Å²) in [7, 11) is 0. The summed E-state index contributed by atoms with van der Waals surface area (Å²) < 4.78 is 40.6. The molecule has 0 N–H and O–H groups in total. The number of aliphatic imine (C=N–C) groups is 1. The number of nitrogens with zero attached hydrogens (tertiary/aromatic N) is 2. The van der Waals surface area contributed by atoms with Crippen molar-refractivity contribution in [2.24, 2.45) is 4.99 Å². The third-order valence-corrected chi connectivity index (χ3v) is 4.25. The first-order valence-corrected chi connectivity index (χ1v) is 8.44. The highest BCUT2D eigenvalue weighted by molar-refractivity contribution is 6.33. The maximum absolute atomic E-state index is 14.0. The second-order valence-corrected chi connectivity index (χ2v) is 6.11. The number of hydrogen-bond acceptors (Lipinski definition) is 2. The Balaban J connectivity index is 1.84. The molecule has 0 saturated heterocycles. The van der Waals surface area contributed by atoms with E-state index in [1.807, 2.05) is 0 Å². The number of hydrogen-bond donors (Lipinski definition) is 0. The largest absolute Gasteiger partial charge is 0.282 e. The van der Waals surface area contributed by atoms with Crippen molar-refractivity contribution in [1.29, 1.82) is 0 Å². The van der Waals surface area contributed by atoms with Gasteiger partial charge >= 0.3 is 0 Å². The van der Waals surface area contributed by atoms with Gasteiger partial charge in [0.05, 0.1) is 5.69 Å². The maximum atomic E-state index is 14.0. The molecule has 0 aliphatic carbocycles. The molecule has 6 heteroatoms. The van der Waals surface area contributed by atoms with Crippen molar-refractivity contribution in [2.45, 2.75) is 0 Å². The van der Waals surface area contributed by atoms with Gasteiger partial charge in [-0.15, -0.1) is 0 Å². The molecule has 0 atom stereocenters. The number of amides is 1. The summed E-state index contributed by atoms with van der Waals surface area (Å²) in [6.45, 7) is 0. The van der Waals surface area contributed by atoms with Crippen molar-refractivity contribution >= 4 is 23.5 Å². The van der Waals surface area contributed by atoms with Crippen LogP contribution in [0.5, 0.6) is 0 Å². The predicted molar refractivity (Wildman–Crippen MR) is 101 cm³/mol. The Morgan fingerprint density at radius 3 is 2.04 bits per heavy atom. The minimum atomic E-state index is -0.491. The Kier molecular flexibility index (Phi) is 4.53. The van der Waals surface area contributed by atoms with Crippen molar-refractivity contribution in [1.82, 2.24) is 0 Å². The molecule has 1 amide bonds. The molecule has 0 fully saturated rings. The maximum Gasteiger partial charge on any atom is 0.282 e. The van der Waals surface area contributed by atoms with Crippen LogP contribution in [0.4, 0.5) is 18.9 Å². The average Bonchev–Trinajstić information content (AvgIpc) is 3.01. The molecule has 0 spiro atoms. The molecule has 1 aliphatic rings. The van der Waals surface area contributed by atoms with Crippen molar-refractivity contribution in [2.75, 3.05) is 4.90 Å². The van der Waals surface area contributed by atoms with Gasteiger partial charge in [-0.3, -0.25) is 9.69 Å². The zero-order valence-electron chi connectivity index (χ0n) is 14.4. The zero-order valence-corrected chi connectivity index (χ0v) is 14.4. The number of carbonyl (C=O) groups is 1. The fourth-order valence-corrected chi connectivity index (χ4v) is 2.88. The lowest BCUT2D eigenvalue weighted by molar-refractivity contribution is -0.113. The van der Waals surface area contributed by atoms with Gasteiger partial charge in [0.15, 0.2) is 0 Å². The molecule has 0 unspecified atom stereocenters. The molecule has 0 saturated carbocycles. The zero-order chi connectivity index (χ0) is 19.7. The van der Waals surface area contributed by atoms with Crippen LogP contribution in [0.3, 0.4) is 0 Å². The summed E-state index contributed by atoms with van der Waals surface area (Å²) in [5, 5.41) is 0. The summed E-state index contributed by atoms with van der Waals surface area (Å²) in [6.07, 6.45) is 1.35. The van der Waals surface area contributed by atoms with Crippen LogP contribution in [0.15, 0.2) is 83.5 Å². The van der Waals surface area contributed by atoms with Gasteiger partial charge in [0.1, 0.15) is 29.0 Å².